The van der Waals surface area contributed by atoms with E-state index in [1.54, 1.807) is 42.5 Å². The fourth-order valence-electron chi connectivity index (χ4n) is 3.45. The van der Waals surface area contributed by atoms with Crippen LogP contribution in [-0.2, 0) is 21.4 Å². The molecule has 0 aliphatic heterocycles. The number of carbonyl (C=O) groups excluding carboxylic acids is 1. The summed E-state index contributed by atoms with van der Waals surface area (Å²) < 4.78 is 44.0. The first-order valence-corrected chi connectivity index (χ1v) is 12.4. The molecule has 0 unspecified atom stereocenters. The van der Waals surface area contributed by atoms with E-state index in [0.717, 1.165) is 9.87 Å². The van der Waals surface area contributed by atoms with Gasteiger partial charge in [0.25, 0.3) is 10.0 Å². The monoisotopic (exact) mass is 518 g/mol. The van der Waals surface area contributed by atoms with Crippen molar-refractivity contribution >= 4 is 33.2 Å². The van der Waals surface area contributed by atoms with Gasteiger partial charge in [-0.2, -0.15) is 0 Å². The normalized spacial score (nSPS) is 11.0. The molecule has 1 N–H and O–H groups in total. The van der Waals surface area contributed by atoms with Crippen molar-refractivity contribution in [3.8, 4) is 17.2 Å². The highest BCUT2D eigenvalue weighted by Gasteiger charge is 2.27. The SMILES string of the molecule is COc1ccc(CNC(=O)CN(c2ccc(C)c(Cl)c2)S(=O)(=O)c2ccccc2)c(OC)c1OC. The van der Waals surface area contributed by atoms with Gasteiger partial charge in [0.1, 0.15) is 6.54 Å². The van der Waals surface area contributed by atoms with Crippen molar-refractivity contribution in [2.45, 2.75) is 18.4 Å². The molecule has 0 aliphatic rings. The Labute approximate surface area is 210 Å². The molecule has 0 saturated carbocycles. The fraction of sp³-hybridized carbons (Fsp3) is 0.240. The first-order chi connectivity index (χ1) is 16.7. The summed E-state index contributed by atoms with van der Waals surface area (Å²) in [7, 11) is 0.442. The van der Waals surface area contributed by atoms with Gasteiger partial charge in [0.15, 0.2) is 11.5 Å². The average molecular weight is 519 g/mol. The Hall–Kier alpha value is -3.43. The van der Waals surface area contributed by atoms with Crippen molar-refractivity contribution in [1.29, 1.82) is 0 Å². The number of hydrogen-bond acceptors (Lipinski definition) is 6. The number of aryl methyl sites for hydroxylation is 1. The predicted octanol–water partition coefficient (Wildman–Crippen LogP) is 4.19. The second-order valence-electron chi connectivity index (χ2n) is 7.53. The number of halogens is 1. The van der Waals surface area contributed by atoms with Crippen LogP contribution in [0.1, 0.15) is 11.1 Å². The molecule has 0 fully saturated rings. The zero-order valence-corrected chi connectivity index (χ0v) is 21.4. The Morgan fingerprint density at radius 2 is 1.63 bits per heavy atom. The summed E-state index contributed by atoms with van der Waals surface area (Å²) in [5, 5.41) is 3.15. The van der Waals surface area contributed by atoms with Crippen molar-refractivity contribution in [2.75, 3.05) is 32.2 Å². The van der Waals surface area contributed by atoms with E-state index < -0.39 is 22.5 Å². The standard InChI is InChI=1S/C25H27ClN2O6S/c1-17-10-12-19(14-21(17)26)28(35(30,31)20-8-6-5-7-9-20)16-23(29)27-15-18-11-13-22(32-2)25(34-4)24(18)33-3/h5-14H,15-16H2,1-4H3,(H,27,29). The van der Waals surface area contributed by atoms with Gasteiger partial charge in [-0.05, 0) is 48.9 Å². The lowest BCUT2D eigenvalue weighted by Gasteiger charge is -2.24. The Bertz CT molecular complexity index is 1300. The van der Waals surface area contributed by atoms with E-state index in [9.17, 15) is 13.2 Å². The number of benzene rings is 3. The van der Waals surface area contributed by atoms with Crippen LogP contribution in [0.3, 0.4) is 0 Å². The van der Waals surface area contributed by atoms with Crippen molar-refractivity contribution in [3.63, 3.8) is 0 Å². The van der Waals surface area contributed by atoms with E-state index in [-0.39, 0.29) is 17.1 Å². The van der Waals surface area contributed by atoms with Crippen molar-refractivity contribution in [2.24, 2.45) is 0 Å². The Morgan fingerprint density at radius 3 is 2.23 bits per heavy atom. The smallest absolute Gasteiger partial charge is 0.264 e. The molecule has 35 heavy (non-hydrogen) atoms. The molecule has 3 aromatic carbocycles. The number of nitrogens with zero attached hydrogens (tertiary/aromatic N) is 1. The van der Waals surface area contributed by atoms with E-state index in [1.807, 2.05) is 6.92 Å². The number of carbonyl (C=O) groups is 1. The third kappa shape index (κ3) is 5.80. The first kappa shape index (κ1) is 26.2. The highest BCUT2D eigenvalue weighted by atomic mass is 35.5. The number of ether oxygens (including phenoxy) is 3. The van der Waals surface area contributed by atoms with E-state index in [1.165, 1.54) is 39.5 Å². The second kappa shape index (κ2) is 11.3. The number of nitrogens with one attached hydrogen (secondary N) is 1. The van der Waals surface area contributed by atoms with Gasteiger partial charge in [-0.3, -0.25) is 9.10 Å². The van der Waals surface area contributed by atoms with Gasteiger partial charge in [-0.25, -0.2) is 8.42 Å². The molecule has 10 heteroatoms. The van der Waals surface area contributed by atoms with Crippen LogP contribution < -0.4 is 23.8 Å². The number of amides is 1. The minimum atomic E-state index is -4.04. The van der Waals surface area contributed by atoms with Gasteiger partial charge in [0.2, 0.25) is 11.7 Å². The van der Waals surface area contributed by atoms with Gasteiger partial charge >= 0.3 is 0 Å². The molecule has 0 heterocycles. The summed E-state index contributed by atoms with van der Waals surface area (Å²) in [6.45, 7) is 1.44. The number of sulfonamides is 1. The minimum Gasteiger partial charge on any atom is -0.493 e. The van der Waals surface area contributed by atoms with Crippen molar-refractivity contribution in [3.05, 3.63) is 76.8 Å². The minimum absolute atomic E-state index is 0.0612. The molecule has 0 radical (unpaired) electrons. The maximum atomic E-state index is 13.4. The molecule has 0 aromatic heterocycles. The number of hydrogen-bond donors (Lipinski definition) is 1. The summed E-state index contributed by atoms with van der Waals surface area (Å²) in [4.78, 5) is 13.0. The predicted molar refractivity (Wildman–Crippen MR) is 135 cm³/mol. The van der Waals surface area contributed by atoms with Gasteiger partial charge in [0, 0.05) is 17.1 Å². The van der Waals surface area contributed by atoms with Gasteiger partial charge in [-0.15, -0.1) is 0 Å². The maximum Gasteiger partial charge on any atom is 0.264 e. The van der Waals surface area contributed by atoms with Crippen LogP contribution in [0.15, 0.2) is 65.6 Å². The topological polar surface area (TPSA) is 94.2 Å². The van der Waals surface area contributed by atoms with Crippen LogP contribution in [0.2, 0.25) is 5.02 Å². The summed E-state index contributed by atoms with van der Waals surface area (Å²) in [5.74, 6) is 0.768. The average Bonchev–Trinajstić information content (AvgIpc) is 2.87. The quantitative estimate of drug-likeness (QED) is 0.432. The van der Waals surface area contributed by atoms with Crippen LogP contribution in [0.25, 0.3) is 0 Å². The van der Waals surface area contributed by atoms with E-state index in [4.69, 9.17) is 25.8 Å². The number of rotatable bonds is 10. The van der Waals surface area contributed by atoms with Gasteiger partial charge in [0.05, 0.1) is 31.9 Å². The first-order valence-electron chi connectivity index (χ1n) is 10.6. The van der Waals surface area contributed by atoms with Crippen molar-refractivity contribution in [1.82, 2.24) is 5.32 Å². The summed E-state index contributed by atoms with van der Waals surface area (Å²) >= 11 is 6.26. The Kier molecular flexibility index (Phi) is 8.48. The van der Waals surface area contributed by atoms with Crippen molar-refractivity contribution < 1.29 is 27.4 Å². The van der Waals surface area contributed by atoms with Crippen LogP contribution in [0.4, 0.5) is 5.69 Å². The second-order valence-corrected chi connectivity index (χ2v) is 9.80. The van der Waals surface area contributed by atoms with Crippen LogP contribution in [0, 0.1) is 6.92 Å². The lowest BCUT2D eigenvalue weighted by molar-refractivity contribution is -0.119. The molecule has 0 spiro atoms. The summed E-state index contributed by atoms with van der Waals surface area (Å²) in [6, 6.07) is 16.2. The Balaban J connectivity index is 1.89. The molecular weight excluding hydrogens is 492 g/mol. The van der Waals surface area contributed by atoms with E-state index in [0.29, 0.717) is 27.8 Å². The molecule has 1 amide bonds. The number of anilines is 1. The summed E-state index contributed by atoms with van der Waals surface area (Å²) in [6.07, 6.45) is 0. The zero-order valence-electron chi connectivity index (χ0n) is 19.9. The van der Waals surface area contributed by atoms with Crippen LogP contribution in [0.5, 0.6) is 17.2 Å². The molecular formula is C25H27ClN2O6S. The van der Waals surface area contributed by atoms with Gasteiger partial charge < -0.3 is 19.5 Å². The van der Waals surface area contributed by atoms with E-state index >= 15 is 0 Å². The highest BCUT2D eigenvalue weighted by molar-refractivity contribution is 7.92. The Morgan fingerprint density at radius 1 is 0.943 bits per heavy atom. The highest BCUT2D eigenvalue weighted by Crippen LogP contribution is 2.39. The molecule has 0 aliphatic carbocycles. The van der Waals surface area contributed by atoms with Gasteiger partial charge in [-0.1, -0.05) is 35.9 Å². The fourth-order valence-corrected chi connectivity index (χ4v) is 5.06. The number of methoxy groups -OCH3 is 3. The molecule has 3 rings (SSSR count). The van der Waals surface area contributed by atoms with E-state index in [2.05, 4.69) is 5.32 Å². The maximum absolute atomic E-state index is 13.4. The lowest BCUT2D eigenvalue weighted by Crippen LogP contribution is -2.40. The molecule has 186 valence electrons. The zero-order chi connectivity index (χ0) is 25.6. The summed E-state index contributed by atoms with van der Waals surface area (Å²) in [5.41, 5.74) is 1.70. The van der Waals surface area contributed by atoms with Crippen LogP contribution >= 0.6 is 11.6 Å². The molecule has 0 bridgehead atoms. The third-order valence-corrected chi connectivity index (χ3v) is 7.52. The molecule has 8 nitrogen and oxygen atoms in total. The van der Waals surface area contributed by atoms with Crippen LogP contribution in [-0.4, -0.2) is 42.2 Å². The molecule has 0 atom stereocenters. The lowest BCUT2D eigenvalue weighted by atomic mass is 10.1. The third-order valence-electron chi connectivity index (χ3n) is 5.32. The largest absolute Gasteiger partial charge is 0.493 e. The molecule has 3 aromatic rings. The molecule has 0 saturated heterocycles.